The van der Waals surface area contributed by atoms with E-state index in [2.05, 4.69) is 10.4 Å². The maximum absolute atomic E-state index is 11.7. The average molecular weight is 239 g/mol. The summed E-state index contributed by atoms with van der Waals surface area (Å²) < 4.78 is 12.2. The van der Waals surface area contributed by atoms with Gasteiger partial charge in [0.05, 0.1) is 12.8 Å². The number of hydrogen-bond acceptors (Lipinski definition) is 5. The third kappa shape index (κ3) is 2.76. The second-order valence-electron chi connectivity index (χ2n) is 3.97. The van der Waals surface area contributed by atoms with Gasteiger partial charge in [-0.25, -0.2) is 4.79 Å². The molecule has 0 bridgehead atoms. The summed E-state index contributed by atoms with van der Waals surface area (Å²) in [5.41, 5.74) is 0.251. The Balaban J connectivity index is 2.11. The lowest BCUT2D eigenvalue weighted by atomic mass is 10.3. The molecule has 1 fully saturated rings. The number of nitrogens with one attached hydrogen (secondary N) is 1. The Hall–Kier alpha value is -1.56. The van der Waals surface area contributed by atoms with Crippen molar-refractivity contribution in [3.8, 4) is 5.75 Å². The monoisotopic (exact) mass is 239 g/mol. The SMILES string of the molecule is CCOC(=O)c1nn(C)cc1OC1CCNC1. The van der Waals surface area contributed by atoms with Crippen LogP contribution in [0.15, 0.2) is 6.20 Å². The Morgan fingerprint density at radius 3 is 3.18 bits per heavy atom. The van der Waals surface area contributed by atoms with E-state index in [9.17, 15) is 4.79 Å². The minimum atomic E-state index is -0.436. The van der Waals surface area contributed by atoms with Crippen molar-refractivity contribution in [1.82, 2.24) is 15.1 Å². The molecule has 1 saturated heterocycles. The molecule has 1 unspecified atom stereocenters. The van der Waals surface area contributed by atoms with Gasteiger partial charge in [-0.2, -0.15) is 5.10 Å². The number of nitrogens with zero attached hydrogens (tertiary/aromatic N) is 2. The van der Waals surface area contributed by atoms with Crippen molar-refractivity contribution < 1.29 is 14.3 Å². The Morgan fingerprint density at radius 2 is 2.53 bits per heavy atom. The molecular formula is C11H17N3O3. The van der Waals surface area contributed by atoms with E-state index in [1.165, 1.54) is 0 Å². The van der Waals surface area contributed by atoms with Gasteiger partial charge < -0.3 is 14.8 Å². The molecule has 0 saturated carbocycles. The van der Waals surface area contributed by atoms with Crippen molar-refractivity contribution in [3.05, 3.63) is 11.9 Å². The molecule has 1 aromatic rings. The van der Waals surface area contributed by atoms with Crippen LogP contribution in [0, 0.1) is 0 Å². The Morgan fingerprint density at radius 1 is 1.71 bits per heavy atom. The van der Waals surface area contributed by atoms with Gasteiger partial charge in [-0.15, -0.1) is 0 Å². The summed E-state index contributed by atoms with van der Waals surface area (Å²) in [6.07, 6.45) is 2.74. The highest BCUT2D eigenvalue weighted by Gasteiger charge is 2.23. The summed E-state index contributed by atoms with van der Waals surface area (Å²) in [5, 5.41) is 7.27. The van der Waals surface area contributed by atoms with Crippen LogP contribution in [0.25, 0.3) is 0 Å². The predicted molar refractivity (Wildman–Crippen MR) is 61.1 cm³/mol. The first-order chi connectivity index (χ1) is 8.20. The van der Waals surface area contributed by atoms with Gasteiger partial charge in [0.25, 0.3) is 0 Å². The third-order valence-corrected chi connectivity index (χ3v) is 2.57. The van der Waals surface area contributed by atoms with Crippen molar-refractivity contribution in [3.63, 3.8) is 0 Å². The van der Waals surface area contributed by atoms with Crippen LogP contribution in [0.4, 0.5) is 0 Å². The Kier molecular flexibility index (Phi) is 3.63. The summed E-state index contributed by atoms with van der Waals surface area (Å²) in [4.78, 5) is 11.7. The normalized spacial score (nSPS) is 19.3. The van der Waals surface area contributed by atoms with Gasteiger partial charge in [0, 0.05) is 13.6 Å². The van der Waals surface area contributed by atoms with Gasteiger partial charge in [0.1, 0.15) is 6.10 Å². The van der Waals surface area contributed by atoms with Crippen molar-refractivity contribution in [2.45, 2.75) is 19.4 Å². The number of ether oxygens (including phenoxy) is 2. The van der Waals surface area contributed by atoms with Crippen molar-refractivity contribution in [2.24, 2.45) is 7.05 Å². The van der Waals surface area contributed by atoms with Crippen molar-refractivity contribution in [1.29, 1.82) is 0 Å². The second-order valence-corrected chi connectivity index (χ2v) is 3.97. The lowest BCUT2D eigenvalue weighted by Crippen LogP contribution is -2.20. The zero-order valence-corrected chi connectivity index (χ0v) is 10.1. The highest BCUT2D eigenvalue weighted by Crippen LogP contribution is 2.20. The Labute approximate surface area is 99.9 Å². The van der Waals surface area contributed by atoms with Crippen LogP contribution in [0.3, 0.4) is 0 Å². The molecule has 0 aliphatic carbocycles. The van der Waals surface area contributed by atoms with Crippen LogP contribution in [-0.4, -0.2) is 41.6 Å². The van der Waals surface area contributed by atoms with Crippen LogP contribution in [0.1, 0.15) is 23.8 Å². The molecule has 94 valence electrons. The minimum absolute atomic E-state index is 0.104. The molecule has 0 amide bonds. The number of carbonyl (C=O) groups excluding carboxylic acids is 1. The molecule has 1 N–H and O–H groups in total. The van der Waals surface area contributed by atoms with Gasteiger partial charge in [-0.05, 0) is 19.9 Å². The van der Waals surface area contributed by atoms with E-state index in [1.807, 2.05) is 0 Å². The maximum atomic E-state index is 11.7. The number of aromatic nitrogens is 2. The summed E-state index contributed by atoms with van der Waals surface area (Å²) in [7, 11) is 1.75. The third-order valence-electron chi connectivity index (χ3n) is 2.57. The van der Waals surface area contributed by atoms with E-state index < -0.39 is 5.97 Å². The van der Waals surface area contributed by atoms with Crippen LogP contribution >= 0.6 is 0 Å². The average Bonchev–Trinajstić information content (AvgIpc) is 2.89. The summed E-state index contributed by atoms with van der Waals surface area (Å²) in [6.45, 7) is 3.85. The standard InChI is InChI=1S/C11H17N3O3/c1-3-16-11(15)10-9(7-14(2)13-10)17-8-4-5-12-6-8/h7-8,12H,3-6H2,1-2H3. The molecule has 1 aromatic heterocycles. The molecular weight excluding hydrogens is 222 g/mol. The summed E-state index contributed by atoms with van der Waals surface area (Å²) in [6, 6.07) is 0. The summed E-state index contributed by atoms with van der Waals surface area (Å²) >= 11 is 0. The number of hydrogen-bond donors (Lipinski definition) is 1. The molecule has 2 rings (SSSR count). The van der Waals surface area contributed by atoms with Crippen LogP contribution in [0.5, 0.6) is 5.75 Å². The van der Waals surface area contributed by atoms with E-state index in [0.29, 0.717) is 12.4 Å². The first-order valence-electron chi connectivity index (χ1n) is 5.79. The fraction of sp³-hybridized carbons (Fsp3) is 0.636. The number of rotatable bonds is 4. The van der Waals surface area contributed by atoms with Gasteiger partial charge in [0.2, 0.25) is 5.69 Å². The Bertz CT molecular complexity index is 397. The molecule has 2 heterocycles. The molecule has 1 aliphatic rings. The lowest BCUT2D eigenvalue weighted by molar-refractivity contribution is 0.0512. The van der Waals surface area contributed by atoms with E-state index in [4.69, 9.17) is 9.47 Å². The molecule has 17 heavy (non-hydrogen) atoms. The van der Waals surface area contributed by atoms with Crippen molar-refractivity contribution in [2.75, 3.05) is 19.7 Å². The van der Waals surface area contributed by atoms with E-state index in [-0.39, 0.29) is 11.8 Å². The zero-order valence-electron chi connectivity index (χ0n) is 10.1. The van der Waals surface area contributed by atoms with Crippen molar-refractivity contribution >= 4 is 5.97 Å². The molecule has 0 radical (unpaired) electrons. The molecule has 0 spiro atoms. The fourth-order valence-electron chi connectivity index (χ4n) is 1.80. The van der Waals surface area contributed by atoms with Crippen LogP contribution in [0.2, 0.25) is 0 Å². The van der Waals surface area contributed by atoms with Gasteiger partial charge >= 0.3 is 5.97 Å². The number of carbonyl (C=O) groups is 1. The molecule has 6 nitrogen and oxygen atoms in total. The zero-order chi connectivity index (χ0) is 12.3. The van der Waals surface area contributed by atoms with Gasteiger partial charge in [0.15, 0.2) is 5.75 Å². The van der Waals surface area contributed by atoms with E-state index in [1.54, 1.807) is 24.9 Å². The largest absolute Gasteiger partial charge is 0.485 e. The quantitative estimate of drug-likeness (QED) is 0.767. The molecule has 1 atom stereocenters. The fourth-order valence-corrected chi connectivity index (χ4v) is 1.80. The summed E-state index contributed by atoms with van der Waals surface area (Å²) in [5.74, 6) is 0.0636. The van der Waals surface area contributed by atoms with E-state index in [0.717, 1.165) is 19.5 Å². The first-order valence-corrected chi connectivity index (χ1v) is 5.79. The van der Waals surface area contributed by atoms with Gasteiger partial charge in [-0.1, -0.05) is 0 Å². The van der Waals surface area contributed by atoms with Crippen LogP contribution < -0.4 is 10.1 Å². The second kappa shape index (κ2) is 5.18. The predicted octanol–water partition coefficient (Wildman–Crippen LogP) is 0.337. The highest BCUT2D eigenvalue weighted by atomic mass is 16.5. The smallest absolute Gasteiger partial charge is 0.362 e. The lowest BCUT2D eigenvalue weighted by Gasteiger charge is -2.11. The van der Waals surface area contributed by atoms with E-state index >= 15 is 0 Å². The van der Waals surface area contributed by atoms with Gasteiger partial charge in [-0.3, -0.25) is 4.68 Å². The molecule has 1 aliphatic heterocycles. The maximum Gasteiger partial charge on any atom is 0.362 e. The highest BCUT2D eigenvalue weighted by molar-refractivity contribution is 5.90. The molecule has 0 aromatic carbocycles. The topological polar surface area (TPSA) is 65.4 Å². The molecule has 6 heteroatoms. The minimum Gasteiger partial charge on any atom is -0.485 e. The van der Waals surface area contributed by atoms with Crippen LogP contribution in [-0.2, 0) is 11.8 Å². The first kappa shape index (κ1) is 11.9. The number of aryl methyl sites for hydroxylation is 1. The number of esters is 1.